The Kier molecular flexibility index (Phi) is 6.05. The molecule has 166 valence electrons. The summed E-state index contributed by atoms with van der Waals surface area (Å²) in [4.78, 5) is 14.1. The van der Waals surface area contributed by atoms with Gasteiger partial charge in [0.1, 0.15) is 11.5 Å². The van der Waals surface area contributed by atoms with Gasteiger partial charge in [0.05, 0.1) is 41.2 Å². The molecule has 5 aromatic rings. The molecule has 33 heavy (non-hydrogen) atoms. The van der Waals surface area contributed by atoms with E-state index in [0.29, 0.717) is 12.5 Å². The summed E-state index contributed by atoms with van der Waals surface area (Å²) in [6.07, 6.45) is 0. The first-order valence-electron chi connectivity index (χ1n) is 10.2. The number of nitrogens with zero attached hydrogens (tertiary/aromatic N) is 3. The fourth-order valence-corrected chi connectivity index (χ4v) is 5.02. The Morgan fingerprint density at radius 1 is 0.788 bits per heavy atom. The molecule has 0 saturated heterocycles. The number of hydrogen-bond acceptors (Lipinski definition) is 7. The van der Waals surface area contributed by atoms with E-state index in [1.54, 1.807) is 36.9 Å². The molecule has 0 bridgehead atoms. The van der Waals surface area contributed by atoms with Crippen LogP contribution in [-0.2, 0) is 6.54 Å². The zero-order chi connectivity index (χ0) is 22.6. The third-order valence-electron chi connectivity index (χ3n) is 4.90. The van der Waals surface area contributed by atoms with Crippen LogP contribution in [0.2, 0.25) is 0 Å². The lowest BCUT2D eigenvalue weighted by molar-refractivity contribution is 0.415. The maximum absolute atomic E-state index is 5.33. The second kappa shape index (κ2) is 9.43. The quantitative estimate of drug-likeness (QED) is 0.231. The van der Waals surface area contributed by atoms with Gasteiger partial charge < -0.3 is 20.1 Å². The van der Waals surface area contributed by atoms with E-state index in [0.717, 1.165) is 47.8 Å². The number of ether oxygens (including phenoxy) is 2. The number of aliphatic imine (C=N–C) groups is 1. The average Bonchev–Trinajstić information content (AvgIpc) is 3.44. The lowest BCUT2D eigenvalue weighted by Gasteiger charge is -2.08. The Morgan fingerprint density at radius 2 is 1.33 bits per heavy atom. The summed E-state index contributed by atoms with van der Waals surface area (Å²) in [6, 6.07) is 21.8. The Hall–Kier alpha value is -3.69. The molecule has 3 aromatic carbocycles. The fourth-order valence-electron chi connectivity index (χ4n) is 3.24. The van der Waals surface area contributed by atoms with Crippen molar-refractivity contribution in [3.63, 3.8) is 0 Å². The third-order valence-corrected chi connectivity index (χ3v) is 6.77. The van der Waals surface area contributed by atoms with Crippen LogP contribution in [0, 0.1) is 0 Å². The van der Waals surface area contributed by atoms with Gasteiger partial charge in [-0.05, 0) is 42.0 Å². The number of aromatic nitrogens is 2. The van der Waals surface area contributed by atoms with E-state index >= 15 is 0 Å². The molecule has 5 rings (SSSR count). The topological polar surface area (TPSA) is 80.7 Å². The van der Waals surface area contributed by atoms with Crippen molar-refractivity contribution in [2.45, 2.75) is 6.54 Å². The van der Waals surface area contributed by atoms with E-state index in [-0.39, 0.29) is 0 Å². The average molecular weight is 476 g/mol. The highest BCUT2D eigenvalue weighted by Gasteiger charge is 2.11. The summed E-state index contributed by atoms with van der Waals surface area (Å²) >= 11 is 3.08. The summed E-state index contributed by atoms with van der Waals surface area (Å²) < 4.78 is 12.7. The Balaban J connectivity index is 1.44. The minimum Gasteiger partial charge on any atom is -0.497 e. The molecule has 0 aliphatic heterocycles. The molecule has 7 nitrogen and oxygen atoms in total. The number of hydrogen-bond donors (Lipinski definition) is 2. The number of nitrogens with one attached hydrogen (secondary N) is 2. The highest BCUT2D eigenvalue weighted by molar-refractivity contribution is 7.23. The first kappa shape index (κ1) is 21.2. The molecular weight excluding hydrogens is 454 g/mol. The smallest absolute Gasteiger partial charge is 0.204 e. The Morgan fingerprint density at radius 3 is 1.85 bits per heavy atom. The normalized spacial score (nSPS) is 10.8. The van der Waals surface area contributed by atoms with Crippen molar-refractivity contribution >= 4 is 59.3 Å². The zero-order valence-corrected chi connectivity index (χ0v) is 19.7. The van der Waals surface area contributed by atoms with Crippen LogP contribution in [0.1, 0.15) is 5.56 Å². The number of guanidine groups is 1. The van der Waals surface area contributed by atoms with Crippen molar-refractivity contribution in [3.8, 4) is 11.5 Å². The second-order valence-electron chi connectivity index (χ2n) is 7.11. The second-order valence-corrected chi connectivity index (χ2v) is 9.17. The largest absolute Gasteiger partial charge is 0.497 e. The molecule has 0 radical (unpaired) electrons. The lowest BCUT2D eigenvalue weighted by atomic mass is 10.2. The van der Waals surface area contributed by atoms with Gasteiger partial charge in [-0.1, -0.05) is 53.0 Å². The molecule has 0 unspecified atom stereocenters. The summed E-state index contributed by atoms with van der Waals surface area (Å²) in [5.74, 6) is 2.19. The number of methoxy groups -OCH3 is 2. The number of rotatable bonds is 6. The molecule has 0 spiro atoms. The molecule has 0 aliphatic carbocycles. The first-order valence-corrected chi connectivity index (χ1v) is 11.8. The molecule has 0 saturated carbocycles. The maximum atomic E-state index is 5.33. The van der Waals surface area contributed by atoms with Crippen LogP contribution < -0.4 is 20.1 Å². The fraction of sp³-hybridized carbons (Fsp3) is 0.125. The summed E-state index contributed by atoms with van der Waals surface area (Å²) in [5, 5.41) is 8.15. The van der Waals surface area contributed by atoms with Crippen LogP contribution in [0.3, 0.4) is 0 Å². The van der Waals surface area contributed by atoms with E-state index in [9.17, 15) is 0 Å². The van der Waals surface area contributed by atoms with Crippen LogP contribution >= 0.6 is 22.7 Å². The Labute approximate surface area is 198 Å². The highest BCUT2D eigenvalue weighted by atomic mass is 32.1. The molecule has 2 heterocycles. The predicted octanol–water partition coefficient (Wildman–Crippen LogP) is 6.00. The zero-order valence-electron chi connectivity index (χ0n) is 18.0. The number of fused-ring (bicyclic) bond motifs is 2. The van der Waals surface area contributed by atoms with Crippen molar-refractivity contribution < 1.29 is 9.47 Å². The van der Waals surface area contributed by atoms with Gasteiger partial charge in [0.15, 0.2) is 10.3 Å². The van der Waals surface area contributed by atoms with Crippen LogP contribution in [0.4, 0.5) is 10.3 Å². The molecule has 0 amide bonds. The van der Waals surface area contributed by atoms with Gasteiger partial charge in [-0.15, -0.1) is 0 Å². The van der Waals surface area contributed by atoms with Gasteiger partial charge in [-0.2, -0.15) is 0 Å². The highest BCUT2D eigenvalue weighted by Crippen LogP contribution is 2.31. The van der Waals surface area contributed by atoms with Crippen molar-refractivity contribution in [1.82, 2.24) is 9.97 Å². The molecular formula is C24H21N5O2S2. The van der Waals surface area contributed by atoms with Crippen molar-refractivity contribution in [2.24, 2.45) is 4.99 Å². The van der Waals surface area contributed by atoms with E-state index in [2.05, 4.69) is 32.7 Å². The summed E-state index contributed by atoms with van der Waals surface area (Å²) in [5.41, 5.74) is 2.91. The van der Waals surface area contributed by atoms with E-state index in [1.807, 2.05) is 54.6 Å². The Bertz CT molecular complexity index is 1340. The van der Waals surface area contributed by atoms with E-state index in [4.69, 9.17) is 14.5 Å². The van der Waals surface area contributed by atoms with E-state index < -0.39 is 0 Å². The van der Waals surface area contributed by atoms with Gasteiger partial charge in [0.2, 0.25) is 5.96 Å². The molecule has 2 aromatic heterocycles. The summed E-state index contributed by atoms with van der Waals surface area (Å²) in [7, 11) is 3.32. The summed E-state index contributed by atoms with van der Waals surface area (Å²) in [6.45, 7) is 0.521. The molecule has 0 aliphatic rings. The number of thiazole rings is 2. The minimum absolute atomic E-state index is 0.521. The van der Waals surface area contributed by atoms with Gasteiger partial charge in [-0.3, -0.25) is 0 Å². The molecule has 2 N–H and O–H groups in total. The van der Waals surface area contributed by atoms with Crippen molar-refractivity contribution in [3.05, 3.63) is 72.3 Å². The number of anilines is 2. The lowest BCUT2D eigenvalue weighted by Crippen LogP contribution is -2.22. The third kappa shape index (κ3) is 4.89. The molecule has 0 atom stereocenters. The minimum atomic E-state index is 0.521. The van der Waals surface area contributed by atoms with Crippen LogP contribution in [0.15, 0.2) is 71.7 Å². The monoisotopic (exact) mass is 475 g/mol. The van der Waals surface area contributed by atoms with Crippen molar-refractivity contribution in [1.29, 1.82) is 0 Å². The first-order chi connectivity index (χ1) is 16.2. The van der Waals surface area contributed by atoms with E-state index in [1.165, 1.54) is 0 Å². The van der Waals surface area contributed by atoms with Crippen molar-refractivity contribution in [2.75, 3.05) is 24.9 Å². The number of benzene rings is 3. The van der Waals surface area contributed by atoms with Gasteiger partial charge in [-0.25, -0.2) is 15.0 Å². The van der Waals surface area contributed by atoms with Gasteiger partial charge in [0, 0.05) is 0 Å². The van der Waals surface area contributed by atoms with Gasteiger partial charge >= 0.3 is 0 Å². The van der Waals surface area contributed by atoms with Crippen LogP contribution in [0.5, 0.6) is 11.5 Å². The molecule has 9 heteroatoms. The molecule has 0 fully saturated rings. The van der Waals surface area contributed by atoms with Gasteiger partial charge in [0.25, 0.3) is 0 Å². The standard InChI is InChI=1S/C24H21N5O2S2/c1-30-16-8-10-18-20(12-16)32-23(26-18)28-22(25-14-15-6-4-3-5-7-15)29-24-27-19-11-9-17(31-2)13-21(19)33-24/h3-13H,14H2,1-2H3,(H2,25,26,27,28,29). The van der Waals surface area contributed by atoms with Crippen LogP contribution in [-0.4, -0.2) is 30.1 Å². The maximum Gasteiger partial charge on any atom is 0.204 e. The predicted molar refractivity (Wildman–Crippen MR) is 137 cm³/mol. The SMILES string of the molecule is COc1ccc2nc(NC(=NCc3ccccc3)Nc3nc4ccc(OC)cc4s3)sc2c1. The van der Waals surface area contributed by atoms with Crippen LogP contribution in [0.25, 0.3) is 20.4 Å².